The lowest BCUT2D eigenvalue weighted by atomic mass is 10.0. The predicted octanol–water partition coefficient (Wildman–Crippen LogP) is 2.93. The molecule has 3 nitrogen and oxygen atoms in total. The fraction of sp³-hybridized carbons (Fsp3) is 0.333. The van der Waals surface area contributed by atoms with E-state index >= 15 is 0 Å². The van der Waals surface area contributed by atoms with Gasteiger partial charge in [0.15, 0.2) is 0 Å². The zero-order valence-electron chi connectivity index (χ0n) is 9.59. The third kappa shape index (κ3) is 1.36. The molecular weight excluding hydrogens is 218 g/mol. The Labute approximate surface area is 98.5 Å². The molecule has 4 heteroatoms. The molecule has 0 amide bonds. The van der Waals surface area contributed by atoms with E-state index in [-0.39, 0.29) is 0 Å². The van der Waals surface area contributed by atoms with Crippen LogP contribution < -0.4 is 5.73 Å². The normalized spacial score (nSPS) is 10.6. The molecule has 0 saturated carbocycles. The lowest BCUT2D eigenvalue weighted by Crippen LogP contribution is -1.96. The molecule has 2 rings (SSSR count). The van der Waals surface area contributed by atoms with Gasteiger partial charge in [-0.1, -0.05) is 18.3 Å². The van der Waals surface area contributed by atoms with Gasteiger partial charge in [0.25, 0.3) is 0 Å². The molecule has 82 valence electrons. The number of nitrogens with zero attached hydrogens (tertiary/aromatic N) is 2. The summed E-state index contributed by atoms with van der Waals surface area (Å²) in [5.41, 5.74) is 9.83. The van der Waals surface area contributed by atoms with Crippen molar-refractivity contribution in [3.63, 3.8) is 0 Å². The number of hydrogen-bond acceptors (Lipinski definition) is 4. The van der Waals surface area contributed by atoms with Gasteiger partial charge >= 0.3 is 0 Å². The minimum atomic E-state index is 0.570. The second kappa shape index (κ2) is 3.76. The molecule has 0 unspecified atom stereocenters. The highest BCUT2D eigenvalue weighted by atomic mass is 32.1. The maximum absolute atomic E-state index is 9.11. The van der Waals surface area contributed by atoms with Crippen LogP contribution in [0.5, 0.6) is 0 Å². The van der Waals surface area contributed by atoms with Crippen molar-refractivity contribution in [3.05, 3.63) is 22.4 Å². The summed E-state index contributed by atoms with van der Waals surface area (Å²) >= 11 is 1.40. The summed E-state index contributed by atoms with van der Waals surface area (Å²) in [6.45, 7) is 6.15. The van der Waals surface area contributed by atoms with Gasteiger partial charge < -0.3 is 5.73 Å². The molecule has 0 aliphatic heterocycles. The fourth-order valence-electron chi connectivity index (χ4n) is 2.14. The Bertz CT molecular complexity index is 605. The summed E-state index contributed by atoms with van der Waals surface area (Å²) in [7, 11) is 0. The highest BCUT2D eigenvalue weighted by Gasteiger charge is 2.16. The Balaban J connectivity index is 2.96. The molecule has 0 saturated heterocycles. The number of thiophene rings is 1. The second-order valence-electron chi connectivity index (χ2n) is 3.79. The summed E-state index contributed by atoms with van der Waals surface area (Å²) in [4.78, 5) is 5.40. The summed E-state index contributed by atoms with van der Waals surface area (Å²) in [5, 5.41) is 10.6. The Morgan fingerprint density at radius 3 is 2.69 bits per heavy atom. The zero-order chi connectivity index (χ0) is 11.9. The first-order chi connectivity index (χ1) is 7.60. The van der Waals surface area contributed by atoms with Crippen LogP contribution in [0, 0.1) is 25.2 Å². The Hall–Kier alpha value is -1.60. The number of fused-ring (bicyclic) bond motifs is 1. The van der Waals surface area contributed by atoms with Crippen molar-refractivity contribution in [1.82, 2.24) is 4.98 Å². The average Bonchev–Trinajstić information content (AvgIpc) is 2.54. The van der Waals surface area contributed by atoms with Crippen molar-refractivity contribution in [3.8, 4) is 6.07 Å². The van der Waals surface area contributed by atoms with Crippen molar-refractivity contribution < 1.29 is 0 Å². The van der Waals surface area contributed by atoms with E-state index in [2.05, 4.69) is 18.0 Å². The molecule has 2 heterocycles. The largest absolute Gasteiger partial charge is 0.389 e. The van der Waals surface area contributed by atoms with Crippen LogP contribution in [0.15, 0.2) is 0 Å². The van der Waals surface area contributed by atoms with E-state index in [1.165, 1.54) is 16.9 Å². The maximum atomic E-state index is 9.11. The van der Waals surface area contributed by atoms with Crippen molar-refractivity contribution in [1.29, 1.82) is 5.26 Å². The van der Waals surface area contributed by atoms with Crippen molar-refractivity contribution in [2.45, 2.75) is 27.2 Å². The highest BCUT2D eigenvalue weighted by molar-refractivity contribution is 7.22. The van der Waals surface area contributed by atoms with Crippen molar-refractivity contribution >= 4 is 26.6 Å². The summed E-state index contributed by atoms with van der Waals surface area (Å²) in [6.07, 6.45) is 0.932. The van der Waals surface area contributed by atoms with Crippen molar-refractivity contribution in [2.24, 2.45) is 0 Å². The predicted molar refractivity (Wildman–Crippen MR) is 67.6 cm³/mol. The first kappa shape index (κ1) is 10.9. The van der Waals surface area contributed by atoms with Crippen LogP contribution in [0.25, 0.3) is 10.2 Å². The minimum Gasteiger partial charge on any atom is -0.389 e. The molecule has 0 spiro atoms. The Kier molecular flexibility index (Phi) is 2.56. The number of anilines is 1. The smallest absolute Gasteiger partial charge is 0.127 e. The molecule has 16 heavy (non-hydrogen) atoms. The van der Waals surface area contributed by atoms with Gasteiger partial charge in [0.2, 0.25) is 0 Å². The van der Waals surface area contributed by atoms with Gasteiger partial charge in [0.1, 0.15) is 15.9 Å². The van der Waals surface area contributed by atoms with Crippen LogP contribution in [0.3, 0.4) is 0 Å². The Morgan fingerprint density at radius 1 is 1.44 bits per heavy atom. The van der Waals surface area contributed by atoms with Gasteiger partial charge in [-0.15, -0.1) is 0 Å². The summed E-state index contributed by atoms with van der Waals surface area (Å²) in [5.74, 6) is 0. The van der Waals surface area contributed by atoms with E-state index in [0.29, 0.717) is 10.6 Å². The quantitative estimate of drug-likeness (QED) is 0.820. The van der Waals surface area contributed by atoms with Crippen LogP contribution in [0.2, 0.25) is 0 Å². The molecule has 2 N–H and O–H groups in total. The summed E-state index contributed by atoms with van der Waals surface area (Å²) in [6, 6.07) is 2.18. The molecule has 0 bridgehead atoms. The molecule has 0 aliphatic rings. The number of pyridine rings is 1. The van der Waals surface area contributed by atoms with Crippen molar-refractivity contribution in [2.75, 3.05) is 5.73 Å². The molecule has 0 fully saturated rings. The number of nitriles is 1. The van der Waals surface area contributed by atoms with Gasteiger partial charge in [0, 0.05) is 11.1 Å². The third-order valence-electron chi connectivity index (χ3n) is 2.92. The van der Waals surface area contributed by atoms with Crippen LogP contribution in [-0.2, 0) is 6.42 Å². The molecule has 2 aromatic rings. The molecule has 2 aromatic heterocycles. The van der Waals surface area contributed by atoms with E-state index in [1.807, 2.05) is 13.8 Å². The molecule has 0 atom stereocenters. The van der Waals surface area contributed by atoms with Crippen LogP contribution >= 0.6 is 11.3 Å². The van der Waals surface area contributed by atoms with Gasteiger partial charge in [-0.2, -0.15) is 5.26 Å². The number of aromatic nitrogens is 1. The zero-order valence-corrected chi connectivity index (χ0v) is 10.4. The average molecular weight is 231 g/mol. The molecule has 0 radical (unpaired) electrons. The maximum Gasteiger partial charge on any atom is 0.127 e. The lowest BCUT2D eigenvalue weighted by Gasteiger charge is -2.07. The number of nitrogen functional groups attached to an aromatic ring is 1. The minimum absolute atomic E-state index is 0.570. The Morgan fingerprint density at radius 2 is 2.12 bits per heavy atom. The van der Waals surface area contributed by atoms with E-state index in [9.17, 15) is 0 Å². The first-order valence-electron chi connectivity index (χ1n) is 5.18. The summed E-state index contributed by atoms with van der Waals surface area (Å²) < 4.78 is 0. The number of aryl methyl sites for hydroxylation is 2. The second-order valence-corrected chi connectivity index (χ2v) is 4.82. The fourth-order valence-corrected chi connectivity index (χ4v) is 3.13. The molecule has 0 aromatic carbocycles. The third-order valence-corrected chi connectivity index (χ3v) is 3.83. The van der Waals surface area contributed by atoms with Gasteiger partial charge in [-0.25, -0.2) is 4.98 Å². The van der Waals surface area contributed by atoms with Crippen LogP contribution in [-0.4, -0.2) is 4.98 Å². The van der Waals surface area contributed by atoms with Crippen LogP contribution in [0.4, 0.5) is 5.00 Å². The topological polar surface area (TPSA) is 62.7 Å². The van der Waals surface area contributed by atoms with E-state index in [0.717, 1.165) is 27.9 Å². The molecule has 0 aliphatic carbocycles. The van der Waals surface area contributed by atoms with E-state index in [1.54, 1.807) is 0 Å². The number of rotatable bonds is 1. The SMILES string of the molecule is CCc1c(C)nc2sc(N)c(C#N)c2c1C. The van der Waals surface area contributed by atoms with E-state index < -0.39 is 0 Å². The monoisotopic (exact) mass is 231 g/mol. The number of nitrogens with two attached hydrogens (primary N) is 1. The number of hydrogen-bond donors (Lipinski definition) is 1. The lowest BCUT2D eigenvalue weighted by molar-refractivity contribution is 1.05. The highest BCUT2D eigenvalue weighted by Crippen LogP contribution is 2.35. The van der Waals surface area contributed by atoms with Gasteiger partial charge in [-0.05, 0) is 31.4 Å². The van der Waals surface area contributed by atoms with Gasteiger partial charge in [0.05, 0.1) is 5.56 Å². The van der Waals surface area contributed by atoms with E-state index in [4.69, 9.17) is 11.0 Å². The van der Waals surface area contributed by atoms with Gasteiger partial charge in [-0.3, -0.25) is 0 Å². The standard InChI is InChI=1S/C12H13N3S/c1-4-8-6(2)10-9(5-13)11(14)16-12(10)15-7(8)3/h4,14H2,1-3H3. The first-order valence-corrected chi connectivity index (χ1v) is 5.99. The molecular formula is C12H13N3S. The van der Waals surface area contributed by atoms with Crippen LogP contribution in [0.1, 0.15) is 29.3 Å².